The van der Waals surface area contributed by atoms with Crippen molar-refractivity contribution in [1.29, 1.82) is 0 Å². The summed E-state index contributed by atoms with van der Waals surface area (Å²) in [4.78, 5) is 30.9. The largest absolute Gasteiger partial charge is 0.458 e. The highest BCUT2D eigenvalue weighted by Crippen LogP contribution is 2.38. The number of carbonyl (C=O) groups is 2. The van der Waals surface area contributed by atoms with E-state index in [9.17, 15) is 14.7 Å². The van der Waals surface area contributed by atoms with Gasteiger partial charge in [-0.05, 0) is 78.5 Å². The summed E-state index contributed by atoms with van der Waals surface area (Å²) in [6, 6.07) is 0. The second-order valence-corrected chi connectivity index (χ2v) is 12.3. The molecule has 0 unspecified atom stereocenters. The Morgan fingerprint density at radius 3 is 2.16 bits per heavy atom. The number of likely N-dealkylation sites (N-methyl/N-ethyl adjacent to an activating group) is 2. The maximum absolute atomic E-state index is 12.8. The van der Waals surface area contributed by atoms with Gasteiger partial charge in [0.15, 0.2) is 0 Å². The fourth-order valence-electron chi connectivity index (χ4n) is 5.64. The average Bonchev–Trinajstić information content (AvgIpc) is 2.89. The Hall–Kier alpha value is -1.74. The van der Waals surface area contributed by atoms with Gasteiger partial charge in [0, 0.05) is 57.8 Å². The van der Waals surface area contributed by atoms with Crippen molar-refractivity contribution in [3.63, 3.8) is 0 Å². The van der Waals surface area contributed by atoms with Crippen LogP contribution in [0.5, 0.6) is 0 Å². The van der Waals surface area contributed by atoms with Crippen molar-refractivity contribution in [2.24, 2.45) is 10.8 Å². The van der Waals surface area contributed by atoms with Crippen molar-refractivity contribution in [2.75, 3.05) is 66.5 Å². The highest BCUT2D eigenvalue weighted by atomic mass is 16.5. The molecule has 0 aromatic heterocycles. The van der Waals surface area contributed by atoms with Crippen molar-refractivity contribution >= 4 is 11.9 Å². The van der Waals surface area contributed by atoms with Crippen LogP contribution in [0.2, 0.25) is 0 Å². The van der Waals surface area contributed by atoms with Gasteiger partial charge in [-0.25, -0.2) is 0 Å². The quantitative estimate of drug-likeness (QED) is 0.397. The summed E-state index contributed by atoms with van der Waals surface area (Å²) in [7, 11) is 4.25. The molecule has 0 saturated carbocycles. The van der Waals surface area contributed by atoms with Crippen LogP contribution >= 0.6 is 0 Å². The van der Waals surface area contributed by atoms with Crippen LogP contribution in [0.3, 0.4) is 0 Å². The molecule has 0 radical (unpaired) electrons. The molecule has 0 spiro atoms. The number of carbonyl (C=O) groups excluding carboxylic acids is 2. The molecule has 8 nitrogen and oxygen atoms in total. The first kappa shape index (κ1) is 30.8. The molecule has 3 saturated heterocycles. The number of fused-ring (bicyclic) bond motifs is 4. The van der Waals surface area contributed by atoms with Crippen LogP contribution in [0.25, 0.3) is 0 Å². The minimum atomic E-state index is -0.389. The standard InChI is InChI=1S/C15H26N2O2.C10H14O2.C5H12N2/c1-15(7-4-3-5-13(18)6-8-15)14(19)17-11-9-16(2)10-12-17;1-10-6-3-2-4-8(5-7-10)12-9(10)11;1-7-4-2-6-3-5-7/h3,5,13,18H,4,6-12H2,1-2H3;2,4,8H,3,5-7H2,1H3;6H,2-5H2,1H3/b5-3-;4-2-;/t13-,15+;8-,10+;/m11./s1. The molecule has 4 atom stereocenters. The van der Waals surface area contributed by atoms with E-state index in [1.165, 1.54) is 13.1 Å². The number of amides is 1. The van der Waals surface area contributed by atoms with E-state index in [1.54, 1.807) is 0 Å². The molecule has 2 bridgehead atoms. The van der Waals surface area contributed by atoms with Crippen molar-refractivity contribution < 1.29 is 19.4 Å². The first-order valence-electron chi connectivity index (χ1n) is 14.7. The molecule has 2 N–H and O–H groups in total. The second-order valence-electron chi connectivity index (χ2n) is 12.3. The lowest BCUT2D eigenvalue weighted by Crippen LogP contribution is -2.51. The molecular formula is C30H52N4O4. The third kappa shape index (κ3) is 9.18. The van der Waals surface area contributed by atoms with E-state index in [0.29, 0.717) is 6.42 Å². The van der Waals surface area contributed by atoms with Crippen LogP contribution < -0.4 is 5.32 Å². The SMILES string of the molecule is CN1CCN(C(=O)[C@@]2(C)CC/C=C\[C@@H](O)CC2)CC1.CN1CCNCC1.C[C@]12CC/C=C\[C@H](CC1)OC2=O. The van der Waals surface area contributed by atoms with Crippen LogP contribution in [0.4, 0.5) is 0 Å². The van der Waals surface area contributed by atoms with Crippen LogP contribution in [-0.4, -0.2) is 110 Å². The highest BCUT2D eigenvalue weighted by Gasteiger charge is 2.40. The van der Waals surface area contributed by atoms with Gasteiger partial charge in [-0.15, -0.1) is 0 Å². The molecule has 6 aliphatic rings. The monoisotopic (exact) mass is 532 g/mol. The van der Waals surface area contributed by atoms with Gasteiger partial charge < -0.3 is 29.9 Å². The molecule has 4 heterocycles. The van der Waals surface area contributed by atoms with Gasteiger partial charge in [0.2, 0.25) is 5.91 Å². The fraction of sp³-hybridized carbons (Fsp3) is 0.800. The van der Waals surface area contributed by atoms with Crippen molar-refractivity contribution in [3.05, 3.63) is 24.3 Å². The van der Waals surface area contributed by atoms with E-state index >= 15 is 0 Å². The Kier molecular flexibility index (Phi) is 11.8. The molecule has 38 heavy (non-hydrogen) atoms. The second kappa shape index (κ2) is 14.6. The van der Waals surface area contributed by atoms with Crippen LogP contribution in [0.1, 0.15) is 65.2 Å². The zero-order chi connectivity index (χ0) is 27.6. The molecular weight excluding hydrogens is 480 g/mol. The first-order chi connectivity index (χ1) is 18.1. The molecule has 0 aromatic rings. The zero-order valence-electron chi connectivity index (χ0n) is 24.3. The van der Waals surface area contributed by atoms with Gasteiger partial charge >= 0.3 is 5.97 Å². The number of aliphatic hydroxyl groups excluding tert-OH is 1. The molecule has 8 heteroatoms. The number of esters is 1. The highest BCUT2D eigenvalue weighted by molar-refractivity contribution is 5.82. The molecule has 4 aliphatic heterocycles. The number of allylic oxidation sites excluding steroid dienone is 2. The number of rotatable bonds is 1. The van der Waals surface area contributed by atoms with Gasteiger partial charge in [-0.3, -0.25) is 9.59 Å². The molecule has 216 valence electrons. The zero-order valence-corrected chi connectivity index (χ0v) is 24.3. The predicted octanol–water partition coefficient (Wildman–Crippen LogP) is 2.83. The number of nitrogens with zero attached hydrogens (tertiary/aromatic N) is 3. The van der Waals surface area contributed by atoms with Crippen molar-refractivity contribution in [2.45, 2.75) is 77.4 Å². The topological polar surface area (TPSA) is 85.3 Å². The summed E-state index contributed by atoms with van der Waals surface area (Å²) in [5.41, 5.74) is -0.497. The number of piperazine rings is 2. The van der Waals surface area contributed by atoms with Crippen molar-refractivity contribution in [3.8, 4) is 0 Å². The summed E-state index contributed by atoms with van der Waals surface area (Å²) in [6.45, 7) is 12.4. The average molecular weight is 533 g/mol. The van der Waals surface area contributed by atoms with E-state index in [2.05, 4.69) is 42.2 Å². The number of hydrogen-bond acceptors (Lipinski definition) is 7. The molecule has 6 rings (SSSR count). The maximum atomic E-state index is 12.8. The summed E-state index contributed by atoms with van der Waals surface area (Å²) < 4.78 is 5.27. The van der Waals surface area contributed by atoms with Crippen LogP contribution in [0, 0.1) is 10.8 Å². The Labute approximate surface area is 230 Å². The van der Waals surface area contributed by atoms with E-state index < -0.39 is 0 Å². The number of nitrogens with one attached hydrogen (secondary N) is 1. The lowest BCUT2D eigenvalue weighted by molar-refractivity contribution is -0.166. The van der Waals surface area contributed by atoms with E-state index in [4.69, 9.17) is 4.74 Å². The Bertz CT molecular complexity index is 819. The first-order valence-corrected chi connectivity index (χ1v) is 14.7. The molecule has 2 aliphatic carbocycles. The third-order valence-electron chi connectivity index (χ3n) is 8.81. The van der Waals surface area contributed by atoms with E-state index in [0.717, 1.165) is 84.2 Å². The van der Waals surface area contributed by atoms with Gasteiger partial charge in [-0.2, -0.15) is 0 Å². The van der Waals surface area contributed by atoms with E-state index in [1.807, 2.05) is 30.1 Å². The Morgan fingerprint density at radius 2 is 1.53 bits per heavy atom. The summed E-state index contributed by atoms with van der Waals surface area (Å²) in [5.74, 6) is 0.284. The van der Waals surface area contributed by atoms with Gasteiger partial charge in [0.1, 0.15) is 6.10 Å². The van der Waals surface area contributed by atoms with Crippen LogP contribution in [0.15, 0.2) is 24.3 Å². The van der Waals surface area contributed by atoms with Gasteiger partial charge in [0.25, 0.3) is 0 Å². The molecule has 0 aromatic carbocycles. The van der Waals surface area contributed by atoms with Gasteiger partial charge in [-0.1, -0.05) is 25.2 Å². The number of hydrogen-bond donors (Lipinski definition) is 2. The number of ether oxygens (including phenoxy) is 1. The lowest BCUT2D eigenvalue weighted by atomic mass is 9.77. The predicted molar refractivity (Wildman–Crippen MR) is 152 cm³/mol. The smallest absolute Gasteiger partial charge is 0.312 e. The third-order valence-corrected chi connectivity index (χ3v) is 8.81. The minimum Gasteiger partial charge on any atom is -0.458 e. The normalized spacial score (nSPS) is 36.0. The summed E-state index contributed by atoms with van der Waals surface area (Å²) >= 11 is 0. The Morgan fingerprint density at radius 1 is 0.895 bits per heavy atom. The molecule has 1 amide bonds. The van der Waals surface area contributed by atoms with E-state index in [-0.39, 0.29) is 34.9 Å². The molecule has 3 fully saturated rings. The van der Waals surface area contributed by atoms with Gasteiger partial charge in [0.05, 0.1) is 11.5 Å². The minimum absolute atomic E-state index is 0.00287. The summed E-state index contributed by atoms with van der Waals surface area (Å²) in [6.07, 6.45) is 14.9. The lowest BCUT2D eigenvalue weighted by Gasteiger charge is -2.39. The Balaban J connectivity index is 0.000000178. The van der Waals surface area contributed by atoms with Crippen LogP contribution in [-0.2, 0) is 14.3 Å². The fourth-order valence-corrected chi connectivity index (χ4v) is 5.64. The number of aliphatic hydroxyl groups is 1. The summed E-state index contributed by atoms with van der Waals surface area (Å²) in [5, 5.41) is 13.0. The maximum Gasteiger partial charge on any atom is 0.312 e. The van der Waals surface area contributed by atoms with Crippen molar-refractivity contribution in [1.82, 2.24) is 20.0 Å².